The molecular weight excluding hydrogens is 712 g/mol. The third-order valence-electron chi connectivity index (χ3n) is 6.91. The van der Waals surface area contributed by atoms with E-state index >= 15 is 0 Å². The first-order valence-electron chi connectivity index (χ1n) is 13.3. The highest BCUT2D eigenvalue weighted by molar-refractivity contribution is 9.13. The van der Waals surface area contributed by atoms with Crippen molar-refractivity contribution in [3.63, 3.8) is 0 Å². The van der Waals surface area contributed by atoms with Gasteiger partial charge < -0.3 is 18.6 Å². The molecule has 0 saturated heterocycles. The van der Waals surface area contributed by atoms with Crippen LogP contribution < -0.4 is 19.8 Å². The van der Waals surface area contributed by atoms with Crippen molar-refractivity contribution in [2.75, 3.05) is 14.2 Å². The second-order valence-electron chi connectivity index (χ2n) is 9.64. The predicted molar refractivity (Wildman–Crippen MR) is 177 cm³/mol. The number of hydrogen-bond acceptors (Lipinski definition) is 9. The molecule has 0 fully saturated rings. The maximum Gasteiger partial charge on any atom is 0.282 e. The van der Waals surface area contributed by atoms with Gasteiger partial charge in [-0.05, 0) is 73.8 Å². The molecule has 2 aromatic heterocycles. The third kappa shape index (κ3) is 5.79. The quantitative estimate of drug-likeness (QED) is 0.0839. The predicted octanol–water partition coefficient (Wildman–Crippen LogP) is 7.72. The first-order valence-corrected chi connectivity index (χ1v) is 14.9. The molecule has 0 aliphatic heterocycles. The van der Waals surface area contributed by atoms with Crippen LogP contribution in [0.25, 0.3) is 33.5 Å². The van der Waals surface area contributed by atoms with Crippen molar-refractivity contribution in [3.05, 3.63) is 119 Å². The maximum atomic E-state index is 13.7. The third-order valence-corrected chi connectivity index (χ3v) is 9.05. The molecule has 0 atom stereocenters. The van der Waals surface area contributed by atoms with Gasteiger partial charge in [0.25, 0.3) is 11.2 Å². The fourth-order valence-electron chi connectivity index (χ4n) is 4.73. The fourth-order valence-corrected chi connectivity index (χ4v) is 5.67. The van der Waals surface area contributed by atoms with Crippen molar-refractivity contribution in [1.29, 1.82) is 0 Å². The number of para-hydroxylation sites is 1. The van der Waals surface area contributed by atoms with E-state index in [1.807, 2.05) is 12.1 Å². The van der Waals surface area contributed by atoms with E-state index in [0.717, 1.165) is 5.39 Å². The fraction of sp³-hybridized carbons (Fsp3) is 0.0938. The van der Waals surface area contributed by atoms with E-state index in [0.29, 0.717) is 59.6 Å². The average molecular weight is 734 g/mol. The number of nitrogens with zero attached hydrogens (tertiary/aromatic N) is 4. The number of fused-ring (bicyclic) bond motifs is 2. The molecule has 11 nitrogen and oxygen atoms in total. The summed E-state index contributed by atoms with van der Waals surface area (Å²) in [5.74, 6) is 1.89. The normalized spacial score (nSPS) is 11.4. The van der Waals surface area contributed by atoms with Gasteiger partial charge >= 0.3 is 0 Å². The summed E-state index contributed by atoms with van der Waals surface area (Å²) < 4.78 is 25.5. The zero-order valence-corrected chi connectivity index (χ0v) is 26.9. The number of methoxy groups -OCH3 is 2. The number of aromatic nitrogens is 2. The highest BCUT2D eigenvalue weighted by atomic mass is 79.9. The second kappa shape index (κ2) is 12.5. The Morgan fingerprint density at radius 3 is 2.51 bits per heavy atom. The lowest BCUT2D eigenvalue weighted by atomic mass is 10.2. The van der Waals surface area contributed by atoms with E-state index in [1.165, 1.54) is 30.1 Å². The summed E-state index contributed by atoms with van der Waals surface area (Å²) in [4.78, 5) is 29.2. The minimum atomic E-state index is -0.461. The Morgan fingerprint density at radius 1 is 0.956 bits per heavy atom. The smallest absolute Gasteiger partial charge is 0.282 e. The van der Waals surface area contributed by atoms with Gasteiger partial charge in [0, 0.05) is 22.2 Å². The Bertz CT molecular complexity index is 2190. The minimum absolute atomic E-state index is 0.0329. The summed E-state index contributed by atoms with van der Waals surface area (Å²) in [5, 5.41) is 16.8. The van der Waals surface area contributed by atoms with Gasteiger partial charge in [-0.1, -0.05) is 30.3 Å². The van der Waals surface area contributed by atoms with Crippen LogP contribution in [0.3, 0.4) is 0 Å². The van der Waals surface area contributed by atoms with Crippen LogP contribution in [0.5, 0.6) is 17.2 Å². The standard InChI is InChI=1S/C32H22Br2N4O7/c1-42-24-11-6-12-25-22(24)15-27(45-25)31-36-23-10-4-3-9-21(23)32(39)37(31)35-16-19-14-26(43-2)30(29(34)28(19)33)44-17-18-7-5-8-20(13-18)38(40)41/h3-16H,17H2,1-2H3. The van der Waals surface area contributed by atoms with Crippen molar-refractivity contribution in [2.45, 2.75) is 6.61 Å². The average Bonchev–Trinajstić information content (AvgIpc) is 3.50. The maximum absolute atomic E-state index is 13.7. The van der Waals surface area contributed by atoms with Gasteiger partial charge in [-0.15, -0.1) is 0 Å². The van der Waals surface area contributed by atoms with Gasteiger partial charge in [-0.2, -0.15) is 9.78 Å². The molecule has 0 radical (unpaired) electrons. The van der Waals surface area contributed by atoms with Gasteiger partial charge in [0.05, 0.1) is 46.1 Å². The number of nitro groups is 1. The number of hydrogen-bond donors (Lipinski definition) is 0. The van der Waals surface area contributed by atoms with E-state index in [4.69, 9.17) is 23.6 Å². The zero-order chi connectivity index (χ0) is 31.7. The largest absolute Gasteiger partial charge is 0.496 e. The van der Waals surface area contributed by atoms with Crippen molar-refractivity contribution >= 4 is 65.6 Å². The van der Waals surface area contributed by atoms with E-state index in [2.05, 4.69) is 37.0 Å². The highest BCUT2D eigenvalue weighted by Gasteiger charge is 2.20. The molecule has 45 heavy (non-hydrogen) atoms. The lowest BCUT2D eigenvalue weighted by Crippen LogP contribution is -2.20. The number of halogens is 2. The second-order valence-corrected chi connectivity index (χ2v) is 11.2. The molecule has 13 heteroatoms. The van der Waals surface area contributed by atoms with Crippen LogP contribution in [-0.4, -0.2) is 35.0 Å². The topological polar surface area (TPSA) is 131 Å². The molecule has 0 bridgehead atoms. The Balaban J connectivity index is 1.41. The lowest BCUT2D eigenvalue weighted by Gasteiger charge is -2.15. The molecule has 226 valence electrons. The van der Waals surface area contributed by atoms with E-state index in [-0.39, 0.29) is 18.1 Å². The molecule has 0 unspecified atom stereocenters. The Kier molecular flexibility index (Phi) is 8.37. The molecule has 0 N–H and O–H groups in total. The summed E-state index contributed by atoms with van der Waals surface area (Å²) in [5.41, 5.74) is 1.80. The lowest BCUT2D eigenvalue weighted by molar-refractivity contribution is -0.384. The first kappa shape index (κ1) is 30.0. The van der Waals surface area contributed by atoms with Crippen molar-refractivity contribution in [2.24, 2.45) is 5.10 Å². The summed E-state index contributed by atoms with van der Waals surface area (Å²) in [6.45, 7) is 0.0559. The van der Waals surface area contributed by atoms with Crippen molar-refractivity contribution < 1.29 is 23.6 Å². The summed E-state index contributed by atoms with van der Waals surface area (Å²) in [6.07, 6.45) is 1.49. The van der Waals surface area contributed by atoms with Crippen LogP contribution in [0, 0.1) is 10.1 Å². The Morgan fingerprint density at radius 2 is 1.73 bits per heavy atom. The Labute approximate surface area is 272 Å². The molecule has 6 rings (SSSR count). The SMILES string of the molecule is COc1cc(C=Nn2c(-c3cc4c(OC)cccc4o3)nc3ccccc3c2=O)c(Br)c(Br)c1OCc1cccc([N+](=O)[O-])c1. The Hall–Kier alpha value is -5.01. The molecule has 0 aliphatic rings. The zero-order valence-electron chi connectivity index (χ0n) is 23.7. The van der Waals surface area contributed by atoms with Crippen molar-refractivity contribution in [3.8, 4) is 28.8 Å². The molecule has 4 aromatic carbocycles. The van der Waals surface area contributed by atoms with Crippen LogP contribution in [0.1, 0.15) is 11.1 Å². The molecule has 0 amide bonds. The molecule has 0 spiro atoms. The van der Waals surface area contributed by atoms with Crippen LogP contribution in [0.2, 0.25) is 0 Å². The number of rotatable bonds is 9. The van der Waals surface area contributed by atoms with Gasteiger partial charge in [0.15, 0.2) is 17.3 Å². The van der Waals surface area contributed by atoms with E-state index in [1.54, 1.807) is 61.7 Å². The molecule has 0 aliphatic carbocycles. The first-order chi connectivity index (χ1) is 21.8. The molecule has 0 saturated carbocycles. The van der Waals surface area contributed by atoms with Crippen LogP contribution in [0.15, 0.2) is 102 Å². The van der Waals surface area contributed by atoms with Gasteiger partial charge in [-0.3, -0.25) is 14.9 Å². The number of non-ortho nitro benzene ring substituents is 1. The molecule has 6 aromatic rings. The van der Waals surface area contributed by atoms with Crippen LogP contribution >= 0.6 is 31.9 Å². The van der Waals surface area contributed by atoms with Crippen LogP contribution in [0.4, 0.5) is 5.69 Å². The monoisotopic (exact) mass is 732 g/mol. The van der Waals surface area contributed by atoms with Gasteiger partial charge in [0.2, 0.25) is 5.82 Å². The molecule has 2 heterocycles. The molecular formula is C32H22Br2N4O7. The van der Waals surface area contributed by atoms with Gasteiger partial charge in [0.1, 0.15) is 17.9 Å². The number of benzene rings is 4. The summed E-state index contributed by atoms with van der Waals surface area (Å²) in [7, 11) is 3.06. The number of ether oxygens (including phenoxy) is 3. The van der Waals surface area contributed by atoms with E-state index < -0.39 is 10.5 Å². The summed E-state index contributed by atoms with van der Waals surface area (Å²) in [6, 6.07) is 22.1. The highest BCUT2D eigenvalue weighted by Crippen LogP contribution is 2.43. The van der Waals surface area contributed by atoms with Crippen LogP contribution in [-0.2, 0) is 6.61 Å². The van der Waals surface area contributed by atoms with Gasteiger partial charge in [-0.25, -0.2) is 4.98 Å². The summed E-state index contributed by atoms with van der Waals surface area (Å²) >= 11 is 7.15. The number of nitro benzene ring substituents is 1. The van der Waals surface area contributed by atoms with E-state index in [9.17, 15) is 14.9 Å². The number of furan rings is 1. The minimum Gasteiger partial charge on any atom is -0.496 e. The van der Waals surface area contributed by atoms with Crippen molar-refractivity contribution in [1.82, 2.24) is 9.66 Å².